The molecule has 0 aliphatic carbocycles. The molecule has 0 aliphatic rings. The molecule has 7 heteroatoms. The van der Waals surface area contributed by atoms with Crippen LogP contribution in [0.2, 0.25) is 0 Å². The molecule has 0 radical (unpaired) electrons. The Morgan fingerprint density at radius 3 is 2.67 bits per heavy atom. The van der Waals surface area contributed by atoms with Crippen LogP contribution >= 0.6 is 0 Å². The summed E-state index contributed by atoms with van der Waals surface area (Å²) < 4.78 is 11.6. The van der Waals surface area contributed by atoms with Gasteiger partial charge >= 0.3 is 5.97 Å². The van der Waals surface area contributed by atoms with Gasteiger partial charge in [0.2, 0.25) is 5.91 Å². The second kappa shape index (κ2) is 7.63. The van der Waals surface area contributed by atoms with Crippen molar-refractivity contribution in [1.29, 1.82) is 0 Å². The first-order chi connectivity index (χ1) is 11.4. The van der Waals surface area contributed by atoms with Gasteiger partial charge in [0.15, 0.2) is 6.61 Å². The molecule has 0 saturated heterocycles. The van der Waals surface area contributed by atoms with Crippen LogP contribution in [0.5, 0.6) is 5.75 Å². The van der Waals surface area contributed by atoms with Crippen molar-refractivity contribution in [3.8, 4) is 5.75 Å². The Hall–Kier alpha value is -2.83. The third kappa shape index (κ3) is 4.34. The van der Waals surface area contributed by atoms with Crippen molar-refractivity contribution < 1.29 is 19.1 Å². The summed E-state index contributed by atoms with van der Waals surface area (Å²) in [4.78, 5) is 23.3. The number of anilines is 1. The van der Waals surface area contributed by atoms with E-state index in [9.17, 15) is 9.59 Å². The number of carbonyl (C=O) groups is 2. The Balaban J connectivity index is 2.00. The van der Waals surface area contributed by atoms with E-state index in [0.717, 1.165) is 17.0 Å². The van der Waals surface area contributed by atoms with Crippen molar-refractivity contribution in [1.82, 2.24) is 9.78 Å². The van der Waals surface area contributed by atoms with Crippen LogP contribution in [0.25, 0.3) is 0 Å². The molecule has 0 bridgehead atoms. The van der Waals surface area contributed by atoms with Crippen LogP contribution in [0, 0.1) is 13.8 Å². The van der Waals surface area contributed by atoms with Crippen molar-refractivity contribution in [3.05, 3.63) is 41.2 Å². The fraction of sp³-hybridized carbons (Fsp3) is 0.353. The van der Waals surface area contributed by atoms with Crippen LogP contribution in [0.15, 0.2) is 24.3 Å². The summed E-state index contributed by atoms with van der Waals surface area (Å²) in [5.41, 5.74) is 3.34. The highest BCUT2D eigenvalue weighted by molar-refractivity contribution is 5.92. The molecule has 0 aliphatic heterocycles. The quantitative estimate of drug-likeness (QED) is 0.816. The summed E-state index contributed by atoms with van der Waals surface area (Å²) in [6, 6.07) is 6.85. The number of rotatable bonds is 6. The topological polar surface area (TPSA) is 82.4 Å². The Kier molecular flexibility index (Phi) is 5.57. The summed E-state index contributed by atoms with van der Waals surface area (Å²) in [5.74, 6) is -0.127. The number of aromatic nitrogens is 2. The maximum absolute atomic E-state index is 12.3. The number of hydrogen-bond donors (Lipinski definition) is 1. The molecule has 0 spiro atoms. The molecule has 0 saturated carbocycles. The number of nitrogens with one attached hydrogen (secondary N) is 1. The SMILES string of the molecule is COC(=O)COc1cccc(NC(=O)Cc2c(C)nn(C)c2C)c1. The summed E-state index contributed by atoms with van der Waals surface area (Å²) in [6.45, 7) is 3.64. The number of amides is 1. The third-order valence-corrected chi connectivity index (χ3v) is 3.70. The number of methoxy groups -OCH3 is 1. The van der Waals surface area contributed by atoms with Crippen LogP contribution in [-0.2, 0) is 27.8 Å². The normalized spacial score (nSPS) is 10.3. The fourth-order valence-electron chi connectivity index (χ4n) is 2.30. The molecule has 7 nitrogen and oxygen atoms in total. The second-order valence-corrected chi connectivity index (χ2v) is 5.39. The minimum atomic E-state index is -0.466. The number of nitrogens with zero attached hydrogens (tertiary/aromatic N) is 2. The highest BCUT2D eigenvalue weighted by Gasteiger charge is 2.14. The van der Waals surface area contributed by atoms with Gasteiger partial charge in [-0.2, -0.15) is 5.10 Å². The van der Waals surface area contributed by atoms with E-state index < -0.39 is 5.97 Å². The van der Waals surface area contributed by atoms with Gasteiger partial charge in [0.1, 0.15) is 5.75 Å². The van der Waals surface area contributed by atoms with Crippen LogP contribution in [0.1, 0.15) is 17.0 Å². The van der Waals surface area contributed by atoms with E-state index in [1.54, 1.807) is 28.9 Å². The van der Waals surface area contributed by atoms with Gasteiger partial charge in [-0.15, -0.1) is 0 Å². The van der Waals surface area contributed by atoms with Crippen LogP contribution in [0.4, 0.5) is 5.69 Å². The maximum atomic E-state index is 12.3. The highest BCUT2D eigenvalue weighted by atomic mass is 16.6. The predicted molar refractivity (Wildman–Crippen MR) is 89.0 cm³/mol. The Labute approximate surface area is 140 Å². The first-order valence-corrected chi connectivity index (χ1v) is 7.49. The summed E-state index contributed by atoms with van der Waals surface area (Å²) in [5, 5.41) is 7.13. The second-order valence-electron chi connectivity index (χ2n) is 5.39. The Morgan fingerprint density at radius 1 is 1.29 bits per heavy atom. The number of ether oxygens (including phenoxy) is 2. The van der Waals surface area contributed by atoms with Crippen LogP contribution in [-0.4, -0.2) is 35.4 Å². The van der Waals surface area contributed by atoms with Gasteiger partial charge < -0.3 is 14.8 Å². The lowest BCUT2D eigenvalue weighted by Gasteiger charge is -2.09. The molecule has 1 aromatic heterocycles. The molecule has 24 heavy (non-hydrogen) atoms. The molecule has 0 unspecified atom stereocenters. The zero-order chi connectivity index (χ0) is 17.7. The van der Waals surface area contributed by atoms with E-state index in [2.05, 4.69) is 15.2 Å². The average molecular weight is 331 g/mol. The molecule has 1 N–H and O–H groups in total. The number of hydrogen-bond acceptors (Lipinski definition) is 5. The predicted octanol–water partition coefficient (Wildman–Crippen LogP) is 1.77. The van der Waals surface area contributed by atoms with Crippen LogP contribution < -0.4 is 10.1 Å². The van der Waals surface area contributed by atoms with E-state index in [1.807, 2.05) is 20.9 Å². The van der Waals surface area contributed by atoms with Crippen molar-refractivity contribution in [3.63, 3.8) is 0 Å². The summed E-state index contributed by atoms with van der Waals surface area (Å²) in [7, 11) is 3.15. The smallest absolute Gasteiger partial charge is 0.343 e. The largest absolute Gasteiger partial charge is 0.482 e. The molecule has 128 valence electrons. The van der Waals surface area contributed by atoms with E-state index in [0.29, 0.717) is 11.4 Å². The first-order valence-electron chi connectivity index (χ1n) is 7.49. The zero-order valence-corrected chi connectivity index (χ0v) is 14.3. The molecule has 1 aromatic carbocycles. The van der Waals surface area contributed by atoms with Gasteiger partial charge in [0.25, 0.3) is 0 Å². The minimum absolute atomic E-state index is 0.140. The standard InChI is InChI=1S/C17H21N3O4/c1-11-15(12(2)20(3)19-11)9-16(21)18-13-6-5-7-14(8-13)24-10-17(22)23-4/h5-8H,9-10H2,1-4H3,(H,18,21). The van der Waals surface area contributed by atoms with Crippen molar-refractivity contribution in [2.24, 2.45) is 7.05 Å². The van der Waals surface area contributed by atoms with E-state index in [4.69, 9.17) is 4.74 Å². The highest BCUT2D eigenvalue weighted by Crippen LogP contribution is 2.18. The monoisotopic (exact) mass is 331 g/mol. The molecule has 2 aromatic rings. The van der Waals surface area contributed by atoms with Gasteiger partial charge in [-0.1, -0.05) is 6.07 Å². The van der Waals surface area contributed by atoms with Crippen molar-refractivity contribution in [2.75, 3.05) is 19.0 Å². The molecular weight excluding hydrogens is 310 g/mol. The number of carbonyl (C=O) groups excluding carboxylic acids is 2. The fourth-order valence-corrected chi connectivity index (χ4v) is 2.30. The van der Waals surface area contributed by atoms with E-state index >= 15 is 0 Å². The first kappa shape index (κ1) is 17.5. The van der Waals surface area contributed by atoms with Crippen molar-refractivity contribution in [2.45, 2.75) is 20.3 Å². The van der Waals surface area contributed by atoms with Gasteiger partial charge in [-0.3, -0.25) is 9.48 Å². The molecule has 1 heterocycles. The van der Waals surface area contributed by atoms with Gasteiger partial charge in [0.05, 0.1) is 19.2 Å². The molecule has 0 fully saturated rings. The van der Waals surface area contributed by atoms with Crippen LogP contribution in [0.3, 0.4) is 0 Å². The lowest BCUT2D eigenvalue weighted by molar-refractivity contribution is -0.142. The average Bonchev–Trinajstić information content (AvgIpc) is 2.79. The Bertz CT molecular complexity index is 752. The van der Waals surface area contributed by atoms with Gasteiger partial charge in [0, 0.05) is 30.1 Å². The maximum Gasteiger partial charge on any atom is 0.343 e. The van der Waals surface area contributed by atoms with E-state index in [1.165, 1.54) is 7.11 Å². The molecule has 1 amide bonds. The van der Waals surface area contributed by atoms with Crippen molar-refractivity contribution >= 4 is 17.6 Å². The van der Waals surface area contributed by atoms with Gasteiger partial charge in [-0.25, -0.2) is 4.79 Å². The van der Waals surface area contributed by atoms with E-state index in [-0.39, 0.29) is 18.9 Å². The minimum Gasteiger partial charge on any atom is -0.482 e. The number of aryl methyl sites for hydroxylation is 2. The molecule has 2 rings (SSSR count). The number of esters is 1. The summed E-state index contributed by atoms with van der Waals surface area (Å²) >= 11 is 0. The third-order valence-electron chi connectivity index (χ3n) is 3.70. The zero-order valence-electron chi connectivity index (χ0n) is 14.3. The summed E-state index contributed by atoms with van der Waals surface area (Å²) in [6.07, 6.45) is 0.249. The number of benzene rings is 1. The molecule has 0 atom stereocenters. The van der Waals surface area contributed by atoms with Gasteiger partial charge in [-0.05, 0) is 26.0 Å². The lowest BCUT2D eigenvalue weighted by atomic mass is 10.1. The Morgan fingerprint density at radius 2 is 2.04 bits per heavy atom. The molecular formula is C17H21N3O4. The lowest BCUT2D eigenvalue weighted by Crippen LogP contribution is -2.16.